The summed E-state index contributed by atoms with van der Waals surface area (Å²) in [4.78, 5) is 2.62. The molecule has 0 spiro atoms. The van der Waals surface area contributed by atoms with Crippen LogP contribution in [0, 0.1) is 11.3 Å². The maximum absolute atomic E-state index is 9.74. The maximum atomic E-state index is 9.74. The molecule has 2 aliphatic rings. The second-order valence-corrected chi connectivity index (χ2v) is 6.19. The quantitative estimate of drug-likeness (QED) is 0.816. The van der Waals surface area contributed by atoms with Crippen LogP contribution in [-0.4, -0.2) is 49.0 Å². The molecular weight excluding hydrogens is 214 g/mol. The molecule has 1 atom stereocenters. The first-order valence-electron chi connectivity index (χ1n) is 7.09. The van der Waals surface area contributed by atoms with Crippen molar-refractivity contribution in [1.29, 1.82) is 0 Å². The van der Waals surface area contributed by atoms with E-state index in [2.05, 4.69) is 18.7 Å². The van der Waals surface area contributed by atoms with Gasteiger partial charge in [-0.3, -0.25) is 4.90 Å². The van der Waals surface area contributed by atoms with Gasteiger partial charge in [-0.15, -0.1) is 0 Å². The fourth-order valence-corrected chi connectivity index (χ4v) is 3.40. The minimum atomic E-state index is 0.107. The molecule has 0 aromatic heterocycles. The molecule has 100 valence electrons. The van der Waals surface area contributed by atoms with Crippen molar-refractivity contribution in [3.8, 4) is 0 Å². The van der Waals surface area contributed by atoms with Crippen LogP contribution in [0.15, 0.2) is 0 Å². The normalized spacial score (nSPS) is 30.0. The lowest BCUT2D eigenvalue weighted by Gasteiger charge is -2.41. The number of likely N-dealkylation sites (tertiary alicyclic amines) is 1. The zero-order valence-corrected chi connectivity index (χ0v) is 11.3. The van der Waals surface area contributed by atoms with E-state index in [0.717, 1.165) is 44.6 Å². The lowest BCUT2D eigenvalue weighted by molar-refractivity contribution is -0.0383. The van der Waals surface area contributed by atoms with Gasteiger partial charge in [0.15, 0.2) is 0 Å². The smallest absolute Gasteiger partial charge is 0.0501 e. The number of hydrogen-bond donors (Lipinski definition) is 1. The molecule has 3 nitrogen and oxygen atoms in total. The van der Waals surface area contributed by atoms with Gasteiger partial charge in [0.05, 0.1) is 6.61 Å². The topological polar surface area (TPSA) is 32.7 Å². The van der Waals surface area contributed by atoms with Gasteiger partial charge in [-0.2, -0.15) is 0 Å². The van der Waals surface area contributed by atoms with Crippen LogP contribution in [0.2, 0.25) is 0 Å². The lowest BCUT2D eigenvalue weighted by atomic mass is 9.80. The van der Waals surface area contributed by atoms with Crippen LogP contribution in [0.3, 0.4) is 0 Å². The number of hydrogen-bond acceptors (Lipinski definition) is 3. The van der Waals surface area contributed by atoms with Crippen molar-refractivity contribution in [3.63, 3.8) is 0 Å². The summed E-state index contributed by atoms with van der Waals surface area (Å²) in [5, 5.41) is 9.74. The van der Waals surface area contributed by atoms with Crippen molar-refractivity contribution in [1.82, 2.24) is 4.90 Å². The molecule has 3 heteroatoms. The van der Waals surface area contributed by atoms with Gasteiger partial charge in [0.2, 0.25) is 0 Å². The summed E-state index contributed by atoms with van der Waals surface area (Å²) in [6.45, 7) is 8.87. The number of rotatable bonds is 4. The molecule has 17 heavy (non-hydrogen) atoms. The first kappa shape index (κ1) is 13.3. The molecule has 0 bridgehead atoms. The van der Waals surface area contributed by atoms with Gasteiger partial charge in [0, 0.05) is 31.2 Å². The van der Waals surface area contributed by atoms with E-state index < -0.39 is 0 Å². The van der Waals surface area contributed by atoms with Crippen LogP contribution in [0.4, 0.5) is 0 Å². The van der Waals surface area contributed by atoms with Crippen molar-refractivity contribution in [2.75, 3.05) is 32.9 Å². The van der Waals surface area contributed by atoms with Crippen LogP contribution in [-0.2, 0) is 4.74 Å². The van der Waals surface area contributed by atoms with Crippen LogP contribution in [0.25, 0.3) is 0 Å². The van der Waals surface area contributed by atoms with Gasteiger partial charge in [-0.05, 0) is 38.1 Å². The molecule has 1 unspecified atom stereocenters. The van der Waals surface area contributed by atoms with E-state index in [0.29, 0.717) is 6.61 Å². The SMILES string of the molecule is CC(C)C1CCCN1CC1(CO)CCOCC1. The van der Waals surface area contributed by atoms with Crippen LogP contribution in [0.1, 0.15) is 39.5 Å². The Morgan fingerprint density at radius 2 is 2.06 bits per heavy atom. The van der Waals surface area contributed by atoms with Gasteiger partial charge in [0.1, 0.15) is 0 Å². The minimum absolute atomic E-state index is 0.107. The second-order valence-electron chi connectivity index (χ2n) is 6.19. The van der Waals surface area contributed by atoms with Crippen molar-refractivity contribution in [3.05, 3.63) is 0 Å². The number of aliphatic hydroxyl groups is 1. The average molecular weight is 241 g/mol. The summed E-state index contributed by atoms with van der Waals surface area (Å²) >= 11 is 0. The molecule has 2 saturated heterocycles. The minimum Gasteiger partial charge on any atom is -0.396 e. The van der Waals surface area contributed by atoms with Crippen LogP contribution in [0.5, 0.6) is 0 Å². The Morgan fingerprint density at radius 1 is 1.35 bits per heavy atom. The summed E-state index contributed by atoms with van der Waals surface area (Å²) < 4.78 is 5.44. The summed E-state index contributed by atoms with van der Waals surface area (Å²) in [6, 6.07) is 0.723. The van der Waals surface area contributed by atoms with Crippen LogP contribution < -0.4 is 0 Å². The Hall–Kier alpha value is -0.120. The fourth-order valence-electron chi connectivity index (χ4n) is 3.40. The monoisotopic (exact) mass is 241 g/mol. The van der Waals surface area contributed by atoms with E-state index in [1.807, 2.05) is 0 Å². The van der Waals surface area contributed by atoms with Gasteiger partial charge < -0.3 is 9.84 Å². The van der Waals surface area contributed by atoms with E-state index in [1.54, 1.807) is 0 Å². The van der Waals surface area contributed by atoms with Gasteiger partial charge >= 0.3 is 0 Å². The lowest BCUT2D eigenvalue weighted by Crippen LogP contribution is -2.46. The molecule has 0 aliphatic carbocycles. The molecule has 2 heterocycles. The average Bonchev–Trinajstić information content (AvgIpc) is 2.78. The molecule has 2 rings (SSSR count). The summed E-state index contributed by atoms with van der Waals surface area (Å²) in [5.41, 5.74) is 0.107. The second kappa shape index (κ2) is 5.68. The molecular formula is C14H27NO2. The van der Waals surface area contributed by atoms with E-state index in [4.69, 9.17) is 4.74 Å². The molecule has 2 aliphatic heterocycles. The highest BCUT2D eigenvalue weighted by Gasteiger charge is 2.37. The van der Waals surface area contributed by atoms with E-state index >= 15 is 0 Å². The third kappa shape index (κ3) is 3.01. The molecule has 0 amide bonds. The fraction of sp³-hybridized carbons (Fsp3) is 1.00. The molecule has 1 N–H and O–H groups in total. The number of aliphatic hydroxyl groups excluding tert-OH is 1. The van der Waals surface area contributed by atoms with Crippen molar-refractivity contribution in [2.24, 2.45) is 11.3 Å². The number of ether oxygens (including phenoxy) is 1. The third-order valence-corrected chi connectivity index (χ3v) is 4.61. The number of nitrogens with zero attached hydrogens (tertiary/aromatic N) is 1. The van der Waals surface area contributed by atoms with Gasteiger partial charge in [-0.1, -0.05) is 13.8 Å². The van der Waals surface area contributed by atoms with E-state index in [-0.39, 0.29) is 5.41 Å². The van der Waals surface area contributed by atoms with E-state index in [9.17, 15) is 5.11 Å². The van der Waals surface area contributed by atoms with Crippen molar-refractivity contribution in [2.45, 2.75) is 45.6 Å². The summed E-state index contributed by atoms with van der Waals surface area (Å²) in [7, 11) is 0. The molecule has 0 radical (unpaired) electrons. The van der Waals surface area contributed by atoms with Gasteiger partial charge in [0.25, 0.3) is 0 Å². The van der Waals surface area contributed by atoms with Crippen LogP contribution >= 0.6 is 0 Å². The Kier molecular flexibility index (Phi) is 4.45. The standard InChI is InChI=1S/C14H27NO2/c1-12(2)13-4-3-7-15(13)10-14(11-16)5-8-17-9-6-14/h12-13,16H,3-11H2,1-2H3. The first-order valence-corrected chi connectivity index (χ1v) is 7.09. The Bertz CT molecular complexity index is 236. The van der Waals surface area contributed by atoms with Gasteiger partial charge in [-0.25, -0.2) is 0 Å². The largest absolute Gasteiger partial charge is 0.396 e. The van der Waals surface area contributed by atoms with Crippen molar-refractivity contribution >= 4 is 0 Å². The highest BCUT2D eigenvalue weighted by molar-refractivity contribution is 4.90. The highest BCUT2D eigenvalue weighted by Crippen LogP contribution is 2.34. The zero-order valence-electron chi connectivity index (χ0n) is 11.3. The molecule has 0 aromatic carbocycles. The highest BCUT2D eigenvalue weighted by atomic mass is 16.5. The molecule has 2 fully saturated rings. The predicted molar refractivity (Wildman–Crippen MR) is 69.0 cm³/mol. The first-order chi connectivity index (χ1) is 8.17. The summed E-state index contributed by atoms with van der Waals surface area (Å²) in [5.74, 6) is 0.730. The van der Waals surface area contributed by atoms with Crippen molar-refractivity contribution < 1.29 is 9.84 Å². The summed E-state index contributed by atoms with van der Waals surface area (Å²) in [6.07, 6.45) is 4.69. The predicted octanol–water partition coefficient (Wildman–Crippen LogP) is 1.90. The Balaban J connectivity index is 1.97. The third-order valence-electron chi connectivity index (χ3n) is 4.61. The maximum Gasteiger partial charge on any atom is 0.0501 e. The van der Waals surface area contributed by atoms with E-state index in [1.165, 1.54) is 19.4 Å². The Morgan fingerprint density at radius 3 is 2.65 bits per heavy atom. The Labute approximate surface area is 105 Å². The molecule has 0 saturated carbocycles. The molecule has 0 aromatic rings. The zero-order chi connectivity index (χ0) is 12.3.